The minimum absolute atomic E-state index is 0.00929. The van der Waals surface area contributed by atoms with Crippen molar-refractivity contribution in [2.45, 2.75) is 18.9 Å². The van der Waals surface area contributed by atoms with Gasteiger partial charge in [-0.3, -0.25) is 9.59 Å². The fraction of sp³-hybridized carbons (Fsp3) is 0.727. The monoisotopic (exact) mass is 306 g/mol. The van der Waals surface area contributed by atoms with E-state index in [4.69, 9.17) is 5.11 Å². The first-order chi connectivity index (χ1) is 9.04. The summed E-state index contributed by atoms with van der Waals surface area (Å²) in [6, 6.07) is -0.844. The number of thioether (sulfide) groups is 2. The van der Waals surface area contributed by atoms with Crippen LogP contribution in [-0.2, 0) is 9.59 Å². The summed E-state index contributed by atoms with van der Waals surface area (Å²) >= 11 is 2.78. The topological polar surface area (TPSA) is 86.7 Å². The Morgan fingerprint density at radius 2 is 2.32 bits per heavy atom. The van der Waals surface area contributed by atoms with Gasteiger partial charge in [-0.2, -0.15) is 11.8 Å². The Balaban J connectivity index is 2.31. The van der Waals surface area contributed by atoms with Crippen molar-refractivity contribution in [1.29, 1.82) is 0 Å². The van der Waals surface area contributed by atoms with E-state index in [1.165, 1.54) is 23.5 Å². The van der Waals surface area contributed by atoms with Gasteiger partial charge in [0.05, 0.1) is 0 Å². The number of aliphatic carboxylic acids is 1. The molecule has 1 saturated heterocycles. The molecule has 1 fully saturated rings. The van der Waals surface area contributed by atoms with Crippen LogP contribution in [0.5, 0.6) is 0 Å². The van der Waals surface area contributed by atoms with E-state index < -0.39 is 12.0 Å². The zero-order valence-corrected chi connectivity index (χ0v) is 12.4. The molecule has 0 saturated carbocycles. The van der Waals surface area contributed by atoms with Crippen molar-refractivity contribution in [3.05, 3.63) is 0 Å². The van der Waals surface area contributed by atoms with Gasteiger partial charge in [-0.05, 0) is 18.4 Å². The molecule has 1 atom stereocenters. The zero-order chi connectivity index (χ0) is 14.3. The molecule has 1 heterocycles. The van der Waals surface area contributed by atoms with Crippen LogP contribution in [-0.4, -0.2) is 64.0 Å². The van der Waals surface area contributed by atoms with Gasteiger partial charge in [0.15, 0.2) is 0 Å². The van der Waals surface area contributed by atoms with Crippen molar-refractivity contribution < 1.29 is 19.5 Å². The van der Waals surface area contributed by atoms with E-state index in [0.717, 1.165) is 5.75 Å². The maximum atomic E-state index is 11.7. The molecule has 1 aliphatic heterocycles. The highest BCUT2D eigenvalue weighted by Crippen LogP contribution is 2.17. The van der Waals surface area contributed by atoms with Gasteiger partial charge in [0, 0.05) is 25.3 Å². The van der Waals surface area contributed by atoms with Gasteiger partial charge in [-0.15, -0.1) is 0 Å². The number of rotatable bonds is 8. The van der Waals surface area contributed by atoms with Crippen LogP contribution < -0.4 is 5.32 Å². The number of carbonyl (C=O) groups is 3. The Labute approximate surface area is 120 Å². The molecule has 1 unspecified atom stereocenters. The highest BCUT2D eigenvalue weighted by molar-refractivity contribution is 8.13. The SMILES string of the molecule is CSCCC(NC(=O)CCN1CCSC1=O)C(=O)O. The molecule has 0 aromatic heterocycles. The molecule has 0 spiro atoms. The molecule has 19 heavy (non-hydrogen) atoms. The Hall–Kier alpha value is -0.890. The van der Waals surface area contributed by atoms with Crippen molar-refractivity contribution in [2.75, 3.05) is 30.9 Å². The van der Waals surface area contributed by atoms with Crippen molar-refractivity contribution in [3.8, 4) is 0 Å². The minimum atomic E-state index is -1.02. The number of nitrogens with zero attached hydrogens (tertiary/aromatic N) is 1. The second-order valence-corrected chi connectivity index (χ2v) is 6.12. The smallest absolute Gasteiger partial charge is 0.326 e. The molecule has 0 aromatic carbocycles. The normalized spacial score (nSPS) is 16.5. The summed E-state index contributed by atoms with van der Waals surface area (Å²) in [5.74, 6) is 0.0955. The lowest BCUT2D eigenvalue weighted by molar-refractivity contribution is -0.141. The molecule has 108 valence electrons. The number of hydrogen-bond donors (Lipinski definition) is 2. The molecule has 0 radical (unpaired) electrons. The summed E-state index contributed by atoms with van der Waals surface area (Å²) in [6.45, 7) is 1.01. The third kappa shape index (κ3) is 5.73. The van der Waals surface area contributed by atoms with E-state index >= 15 is 0 Å². The molecule has 0 bridgehead atoms. The van der Waals surface area contributed by atoms with Gasteiger partial charge >= 0.3 is 5.97 Å². The second-order valence-electron chi connectivity index (χ2n) is 4.09. The van der Waals surface area contributed by atoms with Crippen LogP contribution in [0.2, 0.25) is 0 Å². The Bertz CT molecular complexity index is 352. The summed E-state index contributed by atoms with van der Waals surface area (Å²) in [6.07, 6.45) is 2.44. The van der Waals surface area contributed by atoms with E-state index in [9.17, 15) is 14.4 Å². The molecule has 6 nitrogen and oxygen atoms in total. The molecule has 8 heteroatoms. The van der Waals surface area contributed by atoms with E-state index in [1.54, 1.807) is 4.90 Å². The average molecular weight is 306 g/mol. The molecule has 0 aliphatic carbocycles. The van der Waals surface area contributed by atoms with E-state index in [0.29, 0.717) is 25.3 Å². The van der Waals surface area contributed by atoms with Crippen LogP contribution in [0.1, 0.15) is 12.8 Å². The fourth-order valence-electron chi connectivity index (χ4n) is 1.62. The third-order valence-corrected chi connectivity index (χ3v) is 4.23. The van der Waals surface area contributed by atoms with Gasteiger partial charge in [-0.25, -0.2) is 4.79 Å². The zero-order valence-electron chi connectivity index (χ0n) is 10.8. The van der Waals surface area contributed by atoms with Crippen LogP contribution in [0.25, 0.3) is 0 Å². The number of nitrogens with one attached hydrogen (secondary N) is 1. The number of amides is 2. The Kier molecular flexibility index (Phi) is 7.07. The van der Waals surface area contributed by atoms with Crippen LogP contribution in [0.15, 0.2) is 0 Å². The number of carbonyl (C=O) groups excluding carboxylic acids is 2. The first kappa shape index (κ1) is 16.2. The molecular formula is C11H18N2O4S2. The summed E-state index contributed by atoms with van der Waals surface area (Å²) in [5, 5.41) is 11.5. The second kappa shape index (κ2) is 8.31. The summed E-state index contributed by atoms with van der Waals surface area (Å²) < 4.78 is 0. The summed E-state index contributed by atoms with van der Waals surface area (Å²) in [5.41, 5.74) is 0. The predicted octanol–water partition coefficient (Wildman–Crippen LogP) is 0.868. The van der Waals surface area contributed by atoms with E-state index in [1.807, 2.05) is 6.26 Å². The highest BCUT2D eigenvalue weighted by Gasteiger charge is 2.23. The van der Waals surface area contributed by atoms with Crippen LogP contribution >= 0.6 is 23.5 Å². The van der Waals surface area contributed by atoms with Gasteiger partial charge in [0.1, 0.15) is 6.04 Å². The Morgan fingerprint density at radius 3 is 2.84 bits per heavy atom. The minimum Gasteiger partial charge on any atom is -0.480 e. The van der Waals surface area contributed by atoms with Crippen molar-refractivity contribution >= 4 is 40.6 Å². The highest BCUT2D eigenvalue weighted by atomic mass is 32.2. The van der Waals surface area contributed by atoms with Crippen LogP contribution in [0.4, 0.5) is 4.79 Å². The lowest BCUT2D eigenvalue weighted by atomic mass is 10.2. The van der Waals surface area contributed by atoms with Crippen molar-refractivity contribution in [2.24, 2.45) is 0 Å². The standard InChI is InChI=1S/C11H18N2O4S2/c1-18-6-3-8(10(15)16)12-9(14)2-4-13-5-7-19-11(13)17/h8H,2-7H2,1H3,(H,12,14)(H,15,16). The van der Waals surface area contributed by atoms with E-state index in [-0.39, 0.29) is 17.6 Å². The third-order valence-electron chi connectivity index (χ3n) is 2.70. The summed E-state index contributed by atoms with van der Waals surface area (Å²) in [7, 11) is 0. The van der Waals surface area contributed by atoms with Crippen molar-refractivity contribution in [1.82, 2.24) is 10.2 Å². The molecule has 1 aliphatic rings. The van der Waals surface area contributed by atoms with Gasteiger partial charge < -0.3 is 15.3 Å². The van der Waals surface area contributed by atoms with Crippen LogP contribution in [0, 0.1) is 0 Å². The lowest BCUT2D eigenvalue weighted by Crippen LogP contribution is -2.42. The Morgan fingerprint density at radius 1 is 1.58 bits per heavy atom. The molecular weight excluding hydrogens is 288 g/mol. The van der Waals surface area contributed by atoms with Gasteiger partial charge in [0.25, 0.3) is 5.24 Å². The number of hydrogen-bond acceptors (Lipinski definition) is 5. The first-order valence-corrected chi connectivity index (χ1v) is 8.35. The first-order valence-electron chi connectivity index (χ1n) is 5.97. The number of carboxylic acids is 1. The molecule has 2 amide bonds. The van der Waals surface area contributed by atoms with Crippen molar-refractivity contribution in [3.63, 3.8) is 0 Å². The number of carboxylic acid groups (broad SMARTS) is 1. The van der Waals surface area contributed by atoms with E-state index in [2.05, 4.69) is 5.32 Å². The molecule has 0 aromatic rings. The predicted molar refractivity (Wildman–Crippen MR) is 76.6 cm³/mol. The maximum absolute atomic E-state index is 11.7. The lowest BCUT2D eigenvalue weighted by Gasteiger charge is -2.16. The molecule has 2 N–H and O–H groups in total. The van der Waals surface area contributed by atoms with Crippen LogP contribution in [0.3, 0.4) is 0 Å². The van der Waals surface area contributed by atoms with Gasteiger partial charge in [-0.1, -0.05) is 11.8 Å². The maximum Gasteiger partial charge on any atom is 0.326 e. The average Bonchev–Trinajstić information content (AvgIpc) is 2.77. The quantitative estimate of drug-likeness (QED) is 0.692. The summed E-state index contributed by atoms with van der Waals surface area (Å²) in [4.78, 5) is 35.6. The fourth-order valence-corrected chi connectivity index (χ4v) is 2.95. The largest absolute Gasteiger partial charge is 0.480 e. The molecule has 1 rings (SSSR count). The van der Waals surface area contributed by atoms with Gasteiger partial charge in [0.2, 0.25) is 5.91 Å².